The van der Waals surface area contributed by atoms with Gasteiger partial charge in [0.2, 0.25) is 0 Å². The zero-order valence-corrected chi connectivity index (χ0v) is 11.5. The molecule has 0 unspecified atom stereocenters. The van der Waals surface area contributed by atoms with E-state index in [0.29, 0.717) is 0 Å². The number of allylic oxidation sites excluding steroid dienone is 1. The van der Waals surface area contributed by atoms with Crippen molar-refractivity contribution in [3.63, 3.8) is 0 Å². The molecule has 1 rings (SSSR count). The van der Waals surface area contributed by atoms with E-state index in [4.69, 9.17) is 9.47 Å². The number of rotatable bonds is 9. The Kier molecular flexibility index (Phi) is 8.37. The van der Waals surface area contributed by atoms with Crippen LogP contribution in [-0.2, 0) is 9.47 Å². The molecule has 1 aliphatic heterocycles. The summed E-state index contributed by atoms with van der Waals surface area (Å²) in [6.45, 7) is 5.93. The van der Waals surface area contributed by atoms with Crippen molar-refractivity contribution in [3.8, 4) is 0 Å². The predicted octanol–water partition coefficient (Wildman–Crippen LogP) is 4.45. The van der Waals surface area contributed by atoms with E-state index in [0.717, 1.165) is 13.2 Å². The van der Waals surface area contributed by atoms with E-state index >= 15 is 0 Å². The van der Waals surface area contributed by atoms with Crippen LogP contribution in [0.3, 0.4) is 0 Å². The van der Waals surface area contributed by atoms with Gasteiger partial charge >= 0.3 is 0 Å². The molecule has 0 aliphatic carbocycles. The van der Waals surface area contributed by atoms with E-state index in [2.05, 4.69) is 19.9 Å². The van der Waals surface area contributed by atoms with Crippen LogP contribution in [0, 0.1) is 0 Å². The lowest BCUT2D eigenvalue weighted by atomic mass is 10.1. The van der Waals surface area contributed by atoms with Gasteiger partial charge in [0.25, 0.3) is 0 Å². The van der Waals surface area contributed by atoms with Crippen molar-refractivity contribution in [1.29, 1.82) is 0 Å². The number of unbranched alkanes of at least 4 members (excludes halogenated alkanes) is 6. The molecule has 1 fully saturated rings. The first-order valence-corrected chi connectivity index (χ1v) is 7.23. The van der Waals surface area contributed by atoms with Crippen LogP contribution in [-0.4, -0.2) is 19.5 Å². The monoisotopic (exact) mass is 240 g/mol. The van der Waals surface area contributed by atoms with Crippen LogP contribution in [0.15, 0.2) is 11.6 Å². The molecule has 1 aliphatic rings. The third-order valence-electron chi connectivity index (χ3n) is 3.24. The molecule has 0 bridgehead atoms. The minimum Gasteiger partial charge on any atom is -0.347 e. The molecule has 0 spiro atoms. The Labute approximate surface area is 106 Å². The van der Waals surface area contributed by atoms with Gasteiger partial charge in [-0.05, 0) is 25.8 Å². The minimum absolute atomic E-state index is 0.0699. The molecule has 2 heteroatoms. The first-order chi connectivity index (χ1) is 8.33. The number of hydrogen-bond acceptors (Lipinski definition) is 2. The summed E-state index contributed by atoms with van der Waals surface area (Å²) in [6.07, 6.45) is 12.9. The van der Waals surface area contributed by atoms with Crippen molar-refractivity contribution in [2.24, 2.45) is 0 Å². The Morgan fingerprint density at radius 1 is 1.00 bits per heavy atom. The second-order valence-electron chi connectivity index (χ2n) is 4.99. The fourth-order valence-corrected chi connectivity index (χ4v) is 2.15. The molecule has 0 amide bonds. The molecule has 0 radical (unpaired) electrons. The highest BCUT2D eigenvalue weighted by molar-refractivity contribution is 5.00. The van der Waals surface area contributed by atoms with Gasteiger partial charge in [-0.1, -0.05) is 51.0 Å². The normalized spacial score (nSPS) is 17.9. The molecule has 100 valence electrons. The average Bonchev–Trinajstić information content (AvgIpc) is 2.80. The van der Waals surface area contributed by atoms with Crippen molar-refractivity contribution in [1.82, 2.24) is 0 Å². The van der Waals surface area contributed by atoms with Crippen LogP contribution in [0.1, 0.15) is 65.2 Å². The van der Waals surface area contributed by atoms with Crippen molar-refractivity contribution >= 4 is 0 Å². The Morgan fingerprint density at radius 2 is 1.59 bits per heavy atom. The average molecular weight is 240 g/mol. The van der Waals surface area contributed by atoms with Gasteiger partial charge < -0.3 is 9.47 Å². The van der Waals surface area contributed by atoms with Crippen molar-refractivity contribution in [3.05, 3.63) is 11.6 Å². The Balaban J connectivity index is 1.94. The summed E-state index contributed by atoms with van der Waals surface area (Å²) < 4.78 is 10.8. The van der Waals surface area contributed by atoms with E-state index in [9.17, 15) is 0 Å². The molecule has 0 aromatic heterocycles. The zero-order valence-electron chi connectivity index (χ0n) is 11.5. The highest BCUT2D eigenvalue weighted by Crippen LogP contribution is 2.14. The van der Waals surface area contributed by atoms with Gasteiger partial charge in [0.15, 0.2) is 6.29 Å². The second-order valence-corrected chi connectivity index (χ2v) is 4.99. The molecule has 0 atom stereocenters. The molecule has 0 aromatic rings. The lowest BCUT2D eigenvalue weighted by molar-refractivity contribution is -0.00225. The van der Waals surface area contributed by atoms with Crippen LogP contribution in [0.4, 0.5) is 0 Å². The SMILES string of the molecule is CCCCCCCCC/C(C)=C\C1OCCO1. The van der Waals surface area contributed by atoms with Gasteiger partial charge in [0, 0.05) is 0 Å². The summed E-state index contributed by atoms with van der Waals surface area (Å²) in [7, 11) is 0. The molecule has 17 heavy (non-hydrogen) atoms. The third kappa shape index (κ3) is 7.56. The van der Waals surface area contributed by atoms with Gasteiger partial charge in [0.05, 0.1) is 13.2 Å². The lowest BCUT2D eigenvalue weighted by Crippen LogP contribution is -2.03. The Hall–Kier alpha value is -0.340. The molecule has 0 saturated carbocycles. The van der Waals surface area contributed by atoms with E-state index in [1.807, 2.05) is 0 Å². The fourth-order valence-electron chi connectivity index (χ4n) is 2.15. The van der Waals surface area contributed by atoms with Crippen LogP contribution in [0.5, 0.6) is 0 Å². The molecule has 0 aromatic carbocycles. The molecule has 1 heterocycles. The highest BCUT2D eigenvalue weighted by atomic mass is 16.7. The molecule has 1 saturated heterocycles. The van der Waals surface area contributed by atoms with Crippen LogP contribution in [0.25, 0.3) is 0 Å². The summed E-state index contributed by atoms with van der Waals surface area (Å²) in [5.41, 5.74) is 1.41. The molecular weight excluding hydrogens is 212 g/mol. The largest absolute Gasteiger partial charge is 0.347 e. The maximum absolute atomic E-state index is 5.40. The van der Waals surface area contributed by atoms with Crippen LogP contribution >= 0.6 is 0 Å². The summed E-state index contributed by atoms with van der Waals surface area (Å²) in [5.74, 6) is 0. The zero-order chi connectivity index (χ0) is 12.3. The maximum atomic E-state index is 5.40. The lowest BCUT2D eigenvalue weighted by Gasteiger charge is -2.06. The van der Waals surface area contributed by atoms with E-state index in [1.54, 1.807) is 0 Å². The van der Waals surface area contributed by atoms with Gasteiger partial charge in [-0.25, -0.2) is 0 Å². The standard InChI is InChI=1S/C15H28O2/c1-3-4-5-6-7-8-9-10-14(2)13-15-16-11-12-17-15/h13,15H,3-12H2,1-2H3/b14-13-. The molecule has 0 N–H and O–H groups in total. The van der Waals surface area contributed by atoms with Gasteiger partial charge in [-0.2, -0.15) is 0 Å². The number of ether oxygens (including phenoxy) is 2. The highest BCUT2D eigenvalue weighted by Gasteiger charge is 2.12. The third-order valence-corrected chi connectivity index (χ3v) is 3.24. The van der Waals surface area contributed by atoms with E-state index in [1.165, 1.54) is 56.9 Å². The first-order valence-electron chi connectivity index (χ1n) is 7.23. The van der Waals surface area contributed by atoms with Crippen molar-refractivity contribution < 1.29 is 9.47 Å². The summed E-state index contributed by atoms with van der Waals surface area (Å²) >= 11 is 0. The number of hydrogen-bond donors (Lipinski definition) is 0. The van der Waals surface area contributed by atoms with Gasteiger partial charge in [-0.3, -0.25) is 0 Å². The van der Waals surface area contributed by atoms with Crippen LogP contribution in [0.2, 0.25) is 0 Å². The molecular formula is C15H28O2. The Bertz CT molecular complexity index is 205. The van der Waals surface area contributed by atoms with Crippen molar-refractivity contribution in [2.75, 3.05) is 13.2 Å². The van der Waals surface area contributed by atoms with Gasteiger partial charge in [0.1, 0.15) is 0 Å². The van der Waals surface area contributed by atoms with E-state index < -0.39 is 0 Å². The first kappa shape index (κ1) is 14.7. The summed E-state index contributed by atoms with van der Waals surface area (Å²) in [6, 6.07) is 0. The van der Waals surface area contributed by atoms with Gasteiger partial charge in [-0.15, -0.1) is 0 Å². The Morgan fingerprint density at radius 3 is 2.24 bits per heavy atom. The minimum atomic E-state index is -0.0699. The quantitative estimate of drug-likeness (QED) is 0.438. The van der Waals surface area contributed by atoms with Crippen molar-refractivity contribution in [2.45, 2.75) is 71.5 Å². The van der Waals surface area contributed by atoms with E-state index in [-0.39, 0.29) is 6.29 Å². The second kappa shape index (κ2) is 9.67. The fraction of sp³-hybridized carbons (Fsp3) is 0.867. The summed E-state index contributed by atoms with van der Waals surface area (Å²) in [4.78, 5) is 0. The summed E-state index contributed by atoms with van der Waals surface area (Å²) in [5, 5.41) is 0. The predicted molar refractivity (Wildman–Crippen MR) is 72.1 cm³/mol. The smallest absolute Gasteiger partial charge is 0.177 e. The molecule has 2 nitrogen and oxygen atoms in total. The topological polar surface area (TPSA) is 18.5 Å². The van der Waals surface area contributed by atoms with Crippen LogP contribution < -0.4 is 0 Å². The maximum Gasteiger partial charge on any atom is 0.177 e.